The van der Waals surface area contributed by atoms with Gasteiger partial charge in [-0.25, -0.2) is 0 Å². The van der Waals surface area contributed by atoms with Crippen LogP contribution >= 0.6 is 11.8 Å². The smallest absolute Gasteiger partial charge is 0.234 e. The van der Waals surface area contributed by atoms with Gasteiger partial charge in [-0.05, 0) is 31.2 Å². The first-order chi connectivity index (χ1) is 14.5. The van der Waals surface area contributed by atoms with E-state index in [1.165, 1.54) is 18.7 Å². The average Bonchev–Trinajstić information content (AvgIpc) is 3.15. The van der Waals surface area contributed by atoms with E-state index in [0.29, 0.717) is 34.6 Å². The average molecular weight is 426 g/mol. The predicted molar refractivity (Wildman–Crippen MR) is 118 cm³/mol. The van der Waals surface area contributed by atoms with Crippen LogP contribution < -0.4 is 15.4 Å². The molecule has 0 bridgehead atoms. The van der Waals surface area contributed by atoms with Crippen LogP contribution in [0, 0.1) is 0 Å². The number of nitrogens with one attached hydrogen (secondary N) is 2. The summed E-state index contributed by atoms with van der Waals surface area (Å²) in [4.78, 5) is 23.7. The van der Waals surface area contributed by atoms with Gasteiger partial charge in [-0.1, -0.05) is 36.0 Å². The number of hydrogen-bond donors (Lipinski definition) is 2. The molecule has 2 aromatic carbocycles. The maximum absolute atomic E-state index is 12.4. The molecule has 2 amide bonds. The molecule has 0 fully saturated rings. The van der Waals surface area contributed by atoms with Crippen LogP contribution in [0.4, 0.5) is 11.4 Å². The van der Waals surface area contributed by atoms with E-state index < -0.39 is 0 Å². The lowest BCUT2D eigenvalue weighted by Crippen LogP contribution is -2.15. The van der Waals surface area contributed by atoms with Crippen molar-refractivity contribution in [1.29, 1.82) is 0 Å². The quantitative estimate of drug-likeness (QED) is 0.535. The highest BCUT2D eigenvalue weighted by molar-refractivity contribution is 7.99. The molecular weight excluding hydrogens is 402 g/mol. The van der Waals surface area contributed by atoms with Crippen molar-refractivity contribution in [3.63, 3.8) is 0 Å². The lowest BCUT2D eigenvalue weighted by atomic mass is 10.2. The molecule has 0 atom stereocenters. The summed E-state index contributed by atoms with van der Waals surface area (Å²) < 4.78 is 7.20. The van der Waals surface area contributed by atoms with E-state index >= 15 is 0 Å². The maximum Gasteiger partial charge on any atom is 0.234 e. The van der Waals surface area contributed by atoms with Gasteiger partial charge in [0.2, 0.25) is 11.8 Å². The molecule has 0 saturated heterocycles. The lowest BCUT2D eigenvalue weighted by molar-refractivity contribution is -0.114. The van der Waals surface area contributed by atoms with Gasteiger partial charge in [-0.3, -0.25) is 9.59 Å². The molecule has 9 heteroatoms. The summed E-state index contributed by atoms with van der Waals surface area (Å²) in [6.45, 7) is 4.10. The number of carbonyl (C=O) groups excluding carboxylic acids is 2. The second kappa shape index (κ2) is 9.93. The Bertz CT molecular complexity index is 1050. The topological polar surface area (TPSA) is 98.1 Å². The van der Waals surface area contributed by atoms with Gasteiger partial charge in [0, 0.05) is 24.7 Å². The largest absolute Gasteiger partial charge is 0.495 e. The molecule has 3 aromatic rings. The minimum atomic E-state index is -0.163. The summed E-state index contributed by atoms with van der Waals surface area (Å²) in [5.74, 6) is 1.17. The molecule has 1 heterocycles. The number of anilines is 2. The molecule has 0 aliphatic rings. The molecule has 0 aliphatic heterocycles. The molecule has 0 saturated carbocycles. The molecule has 2 N–H and O–H groups in total. The van der Waals surface area contributed by atoms with Gasteiger partial charge in [-0.15, -0.1) is 10.2 Å². The van der Waals surface area contributed by atoms with E-state index in [9.17, 15) is 9.59 Å². The predicted octanol–water partition coefficient (Wildman–Crippen LogP) is 3.66. The molecule has 156 valence electrons. The highest BCUT2D eigenvalue weighted by atomic mass is 32.2. The van der Waals surface area contributed by atoms with E-state index in [4.69, 9.17) is 4.74 Å². The fraction of sp³-hybridized carbons (Fsp3) is 0.238. The Morgan fingerprint density at radius 2 is 1.90 bits per heavy atom. The van der Waals surface area contributed by atoms with Crippen LogP contribution in [0.1, 0.15) is 13.8 Å². The Kier molecular flexibility index (Phi) is 7.08. The van der Waals surface area contributed by atoms with Crippen molar-refractivity contribution in [2.45, 2.75) is 25.5 Å². The third kappa shape index (κ3) is 5.18. The van der Waals surface area contributed by atoms with Gasteiger partial charge < -0.3 is 19.9 Å². The maximum atomic E-state index is 12.4. The summed E-state index contributed by atoms with van der Waals surface area (Å²) in [6, 6.07) is 14.7. The minimum Gasteiger partial charge on any atom is -0.495 e. The van der Waals surface area contributed by atoms with E-state index in [0.717, 1.165) is 5.56 Å². The lowest BCUT2D eigenvalue weighted by Gasteiger charge is -2.10. The van der Waals surface area contributed by atoms with E-state index in [1.807, 2.05) is 47.9 Å². The van der Waals surface area contributed by atoms with Crippen LogP contribution in [0.3, 0.4) is 0 Å². The van der Waals surface area contributed by atoms with Crippen molar-refractivity contribution in [3.8, 4) is 17.1 Å². The number of aromatic nitrogens is 3. The van der Waals surface area contributed by atoms with Crippen LogP contribution in [-0.4, -0.2) is 39.4 Å². The number of hydrogen-bond acceptors (Lipinski definition) is 6. The van der Waals surface area contributed by atoms with Gasteiger partial charge in [-0.2, -0.15) is 0 Å². The molecule has 0 aliphatic carbocycles. The highest BCUT2D eigenvalue weighted by Crippen LogP contribution is 2.27. The molecule has 30 heavy (non-hydrogen) atoms. The standard InChI is InChI=1S/C21H23N5O3S/c1-4-26-20(15-8-7-9-16(12-15)22-14(2)27)24-25-21(26)30-13-19(28)23-17-10-5-6-11-18(17)29-3/h5-12H,4,13H2,1-3H3,(H,22,27)(H,23,28). The van der Waals surface area contributed by atoms with Crippen molar-refractivity contribution in [3.05, 3.63) is 48.5 Å². The number of methoxy groups -OCH3 is 1. The van der Waals surface area contributed by atoms with Gasteiger partial charge >= 0.3 is 0 Å². The normalized spacial score (nSPS) is 10.5. The number of ether oxygens (including phenoxy) is 1. The summed E-state index contributed by atoms with van der Waals surface area (Å²) in [7, 11) is 1.56. The van der Waals surface area contributed by atoms with Crippen LogP contribution in [0.25, 0.3) is 11.4 Å². The molecular formula is C21H23N5O3S. The summed E-state index contributed by atoms with van der Waals surface area (Å²) in [6.07, 6.45) is 0. The molecule has 3 rings (SSSR count). The monoisotopic (exact) mass is 425 g/mol. The zero-order chi connectivity index (χ0) is 21.5. The fourth-order valence-corrected chi connectivity index (χ4v) is 3.70. The summed E-state index contributed by atoms with van der Waals surface area (Å²) in [5, 5.41) is 14.8. The Labute approximate surface area is 179 Å². The minimum absolute atomic E-state index is 0.138. The van der Waals surface area contributed by atoms with Gasteiger partial charge in [0.1, 0.15) is 5.75 Å². The second-order valence-electron chi connectivity index (χ2n) is 6.35. The van der Waals surface area contributed by atoms with Crippen LogP contribution in [0.5, 0.6) is 5.75 Å². The number of carbonyl (C=O) groups is 2. The zero-order valence-corrected chi connectivity index (χ0v) is 17.8. The molecule has 0 radical (unpaired) electrons. The first-order valence-electron chi connectivity index (χ1n) is 9.38. The highest BCUT2D eigenvalue weighted by Gasteiger charge is 2.16. The SMILES string of the molecule is CCn1c(SCC(=O)Nc2ccccc2OC)nnc1-c1cccc(NC(C)=O)c1. The fourth-order valence-electron chi connectivity index (χ4n) is 2.90. The van der Waals surface area contributed by atoms with Crippen molar-refractivity contribution in [2.24, 2.45) is 0 Å². The van der Waals surface area contributed by atoms with E-state index in [1.54, 1.807) is 19.2 Å². The number of para-hydroxylation sites is 2. The van der Waals surface area contributed by atoms with Crippen LogP contribution in [0.15, 0.2) is 53.7 Å². The molecule has 0 spiro atoms. The molecule has 8 nitrogen and oxygen atoms in total. The van der Waals surface area contributed by atoms with E-state index in [-0.39, 0.29) is 17.6 Å². The first-order valence-corrected chi connectivity index (χ1v) is 10.4. The van der Waals surface area contributed by atoms with Gasteiger partial charge in [0.15, 0.2) is 11.0 Å². The third-order valence-electron chi connectivity index (χ3n) is 4.19. The number of rotatable bonds is 8. The van der Waals surface area contributed by atoms with Gasteiger partial charge in [0.05, 0.1) is 18.6 Å². The van der Waals surface area contributed by atoms with Crippen molar-refractivity contribution in [1.82, 2.24) is 14.8 Å². The Morgan fingerprint density at radius 3 is 2.63 bits per heavy atom. The molecule has 1 aromatic heterocycles. The number of thioether (sulfide) groups is 1. The summed E-state index contributed by atoms with van der Waals surface area (Å²) >= 11 is 1.31. The molecule has 0 unspecified atom stereocenters. The number of benzene rings is 2. The Hall–Kier alpha value is -3.33. The van der Waals surface area contributed by atoms with Gasteiger partial charge in [0.25, 0.3) is 0 Å². The first kappa shape index (κ1) is 21.4. The number of nitrogens with zero attached hydrogens (tertiary/aromatic N) is 3. The van der Waals surface area contributed by atoms with Crippen LogP contribution in [-0.2, 0) is 16.1 Å². The Morgan fingerprint density at radius 1 is 1.10 bits per heavy atom. The van der Waals surface area contributed by atoms with Crippen LogP contribution in [0.2, 0.25) is 0 Å². The van der Waals surface area contributed by atoms with E-state index in [2.05, 4.69) is 20.8 Å². The number of amides is 2. The second-order valence-corrected chi connectivity index (χ2v) is 7.29. The van der Waals surface area contributed by atoms with Crippen molar-refractivity contribution in [2.75, 3.05) is 23.5 Å². The van der Waals surface area contributed by atoms with Crippen molar-refractivity contribution < 1.29 is 14.3 Å². The Balaban J connectivity index is 1.72. The summed E-state index contributed by atoms with van der Waals surface area (Å²) in [5.41, 5.74) is 2.15. The zero-order valence-electron chi connectivity index (χ0n) is 17.0. The third-order valence-corrected chi connectivity index (χ3v) is 5.15. The van der Waals surface area contributed by atoms with Crippen molar-refractivity contribution >= 4 is 35.0 Å².